The average Bonchev–Trinajstić information content (AvgIpc) is 2.71. The minimum absolute atomic E-state index is 0.0884. The number of esters is 1. The van der Waals surface area contributed by atoms with Crippen molar-refractivity contribution >= 4 is 17.9 Å². The number of urea groups is 1. The van der Waals surface area contributed by atoms with E-state index in [4.69, 9.17) is 14.2 Å². The number of amides is 3. The second kappa shape index (κ2) is 9.23. The van der Waals surface area contributed by atoms with E-state index >= 15 is 0 Å². The summed E-state index contributed by atoms with van der Waals surface area (Å²) in [6.07, 6.45) is -1.33. The highest BCUT2D eigenvalue weighted by atomic mass is 16.6. The van der Waals surface area contributed by atoms with Crippen LogP contribution in [-0.2, 0) is 9.53 Å². The van der Waals surface area contributed by atoms with E-state index in [1.807, 2.05) is 0 Å². The zero-order chi connectivity index (χ0) is 19.8. The molecule has 0 bridgehead atoms. The Morgan fingerprint density at radius 2 is 1.67 bits per heavy atom. The molecule has 27 heavy (non-hydrogen) atoms. The number of benzene rings is 2. The predicted molar refractivity (Wildman–Crippen MR) is 96.7 cm³/mol. The summed E-state index contributed by atoms with van der Waals surface area (Å²) < 4.78 is 15.7. The Bertz CT molecular complexity index is 822. The van der Waals surface area contributed by atoms with E-state index in [9.17, 15) is 14.4 Å². The Morgan fingerprint density at radius 3 is 2.26 bits per heavy atom. The number of carbonyl (C=O) groups is 3. The average molecular weight is 372 g/mol. The number of hydrogen-bond acceptors (Lipinski definition) is 6. The minimum atomic E-state index is -1.33. The van der Waals surface area contributed by atoms with E-state index in [-0.39, 0.29) is 11.3 Å². The fourth-order valence-corrected chi connectivity index (χ4v) is 2.28. The van der Waals surface area contributed by atoms with Crippen LogP contribution in [0.5, 0.6) is 11.5 Å². The standard InChI is InChI=1S/C19H20N2O6/c1-20-19(24)21-17(22)16(12-7-5-4-6-8-12)27-18(23)14-11-13(25-2)9-10-15(14)26-3/h4-11,16H,1-3H3,(H2,20,21,22,24)/t16-/m1/s1. The molecule has 3 amide bonds. The summed E-state index contributed by atoms with van der Waals surface area (Å²) in [5.41, 5.74) is 0.500. The lowest BCUT2D eigenvalue weighted by Crippen LogP contribution is -2.41. The first-order valence-corrected chi connectivity index (χ1v) is 8.00. The van der Waals surface area contributed by atoms with Crippen molar-refractivity contribution in [1.82, 2.24) is 10.6 Å². The molecule has 8 heteroatoms. The van der Waals surface area contributed by atoms with Gasteiger partial charge in [0.2, 0.25) is 6.10 Å². The van der Waals surface area contributed by atoms with Gasteiger partial charge in [-0.25, -0.2) is 9.59 Å². The number of imide groups is 1. The lowest BCUT2D eigenvalue weighted by atomic mass is 10.1. The van der Waals surface area contributed by atoms with Gasteiger partial charge in [-0.3, -0.25) is 10.1 Å². The van der Waals surface area contributed by atoms with Crippen LogP contribution in [0.2, 0.25) is 0 Å². The zero-order valence-electron chi connectivity index (χ0n) is 15.1. The second-order valence-corrected chi connectivity index (χ2v) is 5.33. The number of rotatable bonds is 6. The largest absolute Gasteiger partial charge is 0.497 e. The van der Waals surface area contributed by atoms with Crippen LogP contribution in [0.1, 0.15) is 22.0 Å². The van der Waals surface area contributed by atoms with Gasteiger partial charge in [-0.1, -0.05) is 30.3 Å². The Morgan fingerprint density at radius 1 is 0.963 bits per heavy atom. The lowest BCUT2D eigenvalue weighted by Gasteiger charge is -2.18. The summed E-state index contributed by atoms with van der Waals surface area (Å²) in [5, 5.41) is 4.39. The molecule has 142 valence electrons. The van der Waals surface area contributed by atoms with Crippen LogP contribution >= 0.6 is 0 Å². The molecule has 2 aromatic rings. The molecule has 0 aromatic heterocycles. The van der Waals surface area contributed by atoms with Crippen LogP contribution < -0.4 is 20.1 Å². The number of carbonyl (C=O) groups excluding carboxylic acids is 3. The van der Waals surface area contributed by atoms with E-state index in [0.29, 0.717) is 11.3 Å². The molecular weight excluding hydrogens is 352 g/mol. The van der Waals surface area contributed by atoms with E-state index in [2.05, 4.69) is 10.6 Å². The SMILES string of the molecule is CNC(=O)NC(=O)[C@H](OC(=O)c1cc(OC)ccc1OC)c1ccccc1. The van der Waals surface area contributed by atoms with Gasteiger partial charge in [0.1, 0.15) is 17.1 Å². The number of hydrogen-bond donors (Lipinski definition) is 2. The highest BCUT2D eigenvalue weighted by Crippen LogP contribution is 2.27. The molecule has 0 spiro atoms. The van der Waals surface area contributed by atoms with E-state index in [1.165, 1.54) is 27.3 Å². The maximum absolute atomic E-state index is 12.7. The molecule has 0 heterocycles. The normalized spacial score (nSPS) is 11.1. The van der Waals surface area contributed by atoms with Crippen molar-refractivity contribution in [2.75, 3.05) is 21.3 Å². The fourth-order valence-electron chi connectivity index (χ4n) is 2.28. The Balaban J connectivity index is 2.33. The van der Waals surface area contributed by atoms with Crippen molar-refractivity contribution in [2.45, 2.75) is 6.10 Å². The Kier molecular flexibility index (Phi) is 6.76. The Hall–Kier alpha value is -3.55. The van der Waals surface area contributed by atoms with Gasteiger partial charge in [0.25, 0.3) is 5.91 Å². The van der Waals surface area contributed by atoms with Gasteiger partial charge in [-0.2, -0.15) is 0 Å². The van der Waals surface area contributed by atoms with Gasteiger partial charge in [0, 0.05) is 12.6 Å². The third-order valence-corrected chi connectivity index (χ3v) is 3.66. The molecule has 0 saturated heterocycles. The van der Waals surface area contributed by atoms with Crippen molar-refractivity contribution in [3.8, 4) is 11.5 Å². The summed E-state index contributed by atoms with van der Waals surface area (Å²) in [6.45, 7) is 0. The first kappa shape index (κ1) is 19.8. The molecule has 2 aromatic carbocycles. The molecule has 0 saturated carbocycles. The second-order valence-electron chi connectivity index (χ2n) is 5.33. The molecule has 0 aliphatic heterocycles. The van der Waals surface area contributed by atoms with Crippen LogP contribution in [0, 0.1) is 0 Å². The summed E-state index contributed by atoms with van der Waals surface area (Å²) in [7, 11) is 4.24. The smallest absolute Gasteiger partial charge is 0.343 e. The van der Waals surface area contributed by atoms with Crippen LogP contribution in [-0.4, -0.2) is 39.2 Å². The molecule has 8 nitrogen and oxygen atoms in total. The maximum Gasteiger partial charge on any atom is 0.343 e. The lowest BCUT2D eigenvalue weighted by molar-refractivity contribution is -0.129. The van der Waals surface area contributed by atoms with Crippen LogP contribution in [0.3, 0.4) is 0 Å². The molecule has 2 N–H and O–H groups in total. The number of ether oxygens (including phenoxy) is 3. The van der Waals surface area contributed by atoms with Crippen molar-refractivity contribution in [2.24, 2.45) is 0 Å². The molecular formula is C19H20N2O6. The third kappa shape index (κ3) is 4.97. The summed E-state index contributed by atoms with van der Waals surface area (Å²) >= 11 is 0. The summed E-state index contributed by atoms with van der Waals surface area (Å²) in [4.78, 5) is 36.6. The van der Waals surface area contributed by atoms with E-state index < -0.39 is 24.0 Å². The first-order chi connectivity index (χ1) is 13.0. The van der Waals surface area contributed by atoms with Crippen molar-refractivity contribution in [1.29, 1.82) is 0 Å². The number of methoxy groups -OCH3 is 2. The minimum Gasteiger partial charge on any atom is -0.497 e. The van der Waals surface area contributed by atoms with Crippen LogP contribution in [0.15, 0.2) is 48.5 Å². The quantitative estimate of drug-likeness (QED) is 0.753. The van der Waals surface area contributed by atoms with Crippen molar-refractivity contribution in [3.63, 3.8) is 0 Å². The summed E-state index contributed by atoms with van der Waals surface area (Å²) in [5.74, 6) is -0.893. The number of nitrogens with one attached hydrogen (secondary N) is 2. The van der Waals surface area contributed by atoms with Gasteiger partial charge >= 0.3 is 12.0 Å². The van der Waals surface area contributed by atoms with Gasteiger partial charge in [0.05, 0.1) is 14.2 Å². The topological polar surface area (TPSA) is 103 Å². The molecule has 0 fully saturated rings. The Labute approximate surface area is 156 Å². The van der Waals surface area contributed by atoms with Crippen molar-refractivity contribution in [3.05, 3.63) is 59.7 Å². The predicted octanol–water partition coefficient (Wildman–Crippen LogP) is 2.06. The molecule has 0 radical (unpaired) electrons. The highest BCUT2D eigenvalue weighted by Gasteiger charge is 2.28. The molecule has 0 aliphatic rings. The first-order valence-electron chi connectivity index (χ1n) is 8.00. The molecule has 1 atom stereocenters. The fraction of sp³-hybridized carbons (Fsp3) is 0.211. The van der Waals surface area contributed by atoms with E-state index in [0.717, 1.165) is 0 Å². The maximum atomic E-state index is 12.7. The van der Waals surface area contributed by atoms with Crippen LogP contribution in [0.25, 0.3) is 0 Å². The summed E-state index contributed by atoms with van der Waals surface area (Å²) in [6, 6.07) is 12.3. The molecule has 0 aliphatic carbocycles. The monoisotopic (exact) mass is 372 g/mol. The third-order valence-electron chi connectivity index (χ3n) is 3.66. The van der Waals surface area contributed by atoms with Gasteiger partial charge < -0.3 is 19.5 Å². The highest BCUT2D eigenvalue weighted by molar-refractivity contribution is 5.99. The van der Waals surface area contributed by atoms with Crippen LogP contribution in [0.4, 0.5) is 4.79 Å². The van der Waals surface area contributed by atoms with E-state index in [1.54, 1.807) is 42.5 Å². The van der Waals surface area contributed by atoms with Gasteiger partial charge in [-0.15, -0.1) is 0 Å². The molecule has 2 rings (SSSR count). The molecule has 0 unspecified atom stereocenters. The van der Waals surface area contributed by atoms with Gasteiger partial charge in [-0.05, 0) is 18.2 Å². The zero-order valence-corrected chi connectivity index (χ0v) is 15.1. The van der Waals surface area contributed by atoms with Gasteiger partial charge in [0.15, 0.2) is 0 Å². The van der Waals surface area contributed by atoms with Crippen molar-refractivity contribution < 1.29 is 28.6 Å².